The summed E-state index contributed by atoms with van der Waals surface area (Å²) in [7, 11) is 1.94. The minimum Gasteiger partial charge on any atom is -0.340 e. The van der Waals surface area contributed by atoms with Crippen LogP contribution in [0.2, 0.25) is 0 Å². The van der Waals surface area contributed by atoms with Crippen LogP contribution in [0.3, 0.4) is 0 Å². The van der Waals surface area contributed by atoms with E-state index < -0.39 is 0 Å². The Morgan fingerprint density at radius 2 is 1.74 bits per heavy atom. The third-order valence-corrected chi connectivity index (χ3v) is 5.96. The zero-order chi connectivity index (χ0) is 28.5. The molecule has 4 N–H and O–H groups in total. The summed E-state index contributed by atoms with van der Waals surface area (Å²) in [6.07, 6.45) is 2.89. The van der Waals surface area contributed by atoms with Crippen molar-refractivity contribution in [2.75, 3.05) is 36.9 Å². The van der Waals surface area contributed by atoms with Crippen molar-refractivity contribution in [2.45, 2.75) is 67.3 Å². The van der Waals surface area contributed by atoms with E-state index in [-0.39, 0.29) is 0 Å². The normalized spacial score (nSPS) is 11.0. The Morgan fingerprint density at radius 1 is 0.974 bits per heavy atom. The Morgan fingerprint density at radius 3 is 2.38 bits per heavy atom. The Kier molecular flexibility index (Phi) is 14.5. The molecule has 0 saturated carbocycles. The number of likely N-dealkylation sites (N-methyl/N-ethyl adjacent to an activating group) is 2. The molecule has 0 spiro atoms. The number of nitrogens with zero attached hydrogens (tertiary/aromatic N) is 5. The fraction of sp³-hybridized carbons (Fsp3) is 0.467. The zero-order valence-electron chi connectivity index (χ0n) is 24.8. The van der Waals surface area contributed by atoms with Crippen LogP contribution >= 0.6 is 0 Å². The second-order valence-corrected chi connectivity index (χ2v) is 8.83. The quantitative estimate of drug-likeness (QED) is 0.119. The van der Waals surface area contributed by atoms with Crippen molar-refractivity contribution in [2.24, 2.45) is 4.99 Å². The van der Waals surface area contributed by atoms with E-state index in [1.54, 1.807) is 0 Å². The predicted molar refractivity (Wildman–Crippen MR) is 165 cm³/mol. The molecule has 0 aliphatic rings. The van der Waals surface area contributed by atoms with Gasteiger partial charge in [-0.15, -0.1) is 0 Å². The third-order valence-electron chi connectivity index (χ3n) is 5.96. The number of hydrazine groups is 1. The van der Waals surface area contributed by atoms with Gasteiger partial charge in [-0.3, -0.25) is 0 Å². The summed E-state index contributed by atoms with van der Waals surface area (Å²) >= 11 is 0. The van der Waals surface area contributed by atoms with Gasteiger partial charge in [0.15, 0.2) is 0 Å². The number of aryl methyl sites for hydroxylation is 2. The molecule has 0 aliphatic carbocycles. The molecule has 0 unspecified atom stereocenters. The van der Waals surface area contributed by atoms with E-state index in [2.05, 4.69) is 87.5 Å². The van der Waals surface area contributed by atoms with Crippen molar-refractivity contribution >= 4 is 29.4 Å². The van der Waals surface area contributed by atoms with E-state index in [1.807, 2.05) is 46.0 Å². The van der Waals surface area contributed by atoms with E-state index in [9.17, 15) is 0 Å². The molecule has 1 aromatic heterocycles. The second kappa shape index (κ2) is 17.9. The first-order valence-corrected chi connectivity index (χ1v) is 14.2. The van der Waals surface area contributed by atoms with Gasteiger partial charge in [0, 0.05) is 38.3 Å². The lowest BCUT2D eigenvalue weighted by Gasteiger charge is -2.21. The molecular formula is C30H47N9. The molecular weight excluding hydrogens is 486 g/mol. The van der Waals surface area contributed by atoms with Gasteiger partial charge in [-0.2, -0.15) is 19.9 Å². The highest BCUT2D eigenvalue weighted by Crippen LogP contribution is 2.22. The maximum atomic E-state index is 4.74. The van der Waals surface area contributed by atoms with Crippen LogP contribution in [0.25, 0.3) is 0 Å². The first-order chi connectivity index (χ1) is 19.1. The lowest BCUT2D eigenvalue weighted by atomic mass is 10.0. The van der Waals surface area contributed by atoms with Gasteiger partial charge >= 0.3 is 0 Å². The van der Waals surface area contributed by atoms with Gasteiger partial charge < -0.3 is 21.0 Å². The summed E-state index contributed by atoms with van der Waals surface area (Å²) in [5.74, 6) is 2.18. The first-order valence-electron chi connectivity index (χ1n) is 14.2. The van der Waals surface area contributed by atoms with E-state index in [1.165, 1.54) is 16.7 Å². The molecule has 0 amide bonds. The van der Waals surface area contributed by atoms with Crippen LogP contribution in [0.4, 0.5) is 23.5 Å². The summed E-state index contributed by atoms with van der Waals surface area (Å²) in [5.41, 5.74) is 11.2. The number of anilines is 3. The first kappa shape index (κ1) is 31.7. The van der Waals surface area contributed by atoms with Crippen LogP contribution < -0.4 is 26.4 Å². The number of benzene rings is 2. The smallest absolute Gasteiger partial charge is 0.257 e. The lowest BCUT2D eigenvalue weighted by Crippen LogP contribution is -2.36. The molecule has 39 heavy (non-hydrogen) atoms. The number of amidine groups is 1. The number of nitrogens with one attached hydrogen (secondary N) is 4. The molecule has 0 atom stereocenters. The third kappa shape index (κ3) is 10.6. The van der Waals surface area contributed by atoms with Crippen LogP contribution in [-0.4, -0.2) is 47.5 Å². The Balaban J connectivity index is 0.00000260. The van der Waals surface area contributed by atoms with Gasteiger partial charge in [-0.1, -0.05) is 70.5 Å². The number of aliphatic imine (C=N–C) groups is 1. The molecule has 9 heteroatoms. The van der Waals surface area contributed by atoms with E-state index in [4.69, 9.17) is 9.98 Å². The predicted octanol–water partition coefficient (Wildman–Crippen LogP) is 5.68. The van der Waals surface area contributed by atoms with Crippen molar-refractivity contribution in [1.29, 1.82) is 0 Å². The van der Waals surface area contributed by atoms with Gasteiger partial charge in [0.2, 0.25) is 11.9 Å². The average molecular weight is 534 g/mol. The fourth-order valence-electron chi connectivity index (χ4n) is 3.86. The largest absolute Gasteiger partial charge is 0.340 e. The van der Waals surface area contributed by atoms with Gasteiger partial charge in [-0.05, 0) is 56.1 Å². The lowest BCUT2D eigenvalue weighted by molar-refractivity contribution is 0.645. The Labute approximate surface area is 235 Å². The van der Waals surface area contributed by atoms with Crippen molar-refractivity contribution in [3.8, 4) is 0 Å². The van der Waals surface area contributed by atoms with Crippen molar-refractivity contribution in [3.05, 3.63) is 65.2 Å². The highest BCUT2D eigenvalue weighted by atomic mass is 15.4. The van der Waals surface area contributed by atoms with Gasteiger partial charge in [-0.25, -0.2) is 5.43 Å². The molecule has 0 fully saturated rings. The molecule has 0 aliphatic heterocycles. The monoisotopic (exact) mass is 533 g/mol. The molecule has 0 saturated heterocycles. The maximum Gasteiger partial charge on any atom is 0.257 e. The molecule has 212 valence electrons. The number of hydrogen-bond donors (Lipinski definition) is 4. The Hall–Kier alpha value is -3.56. The SMILES string of the molecule is CC.CCCc1ccc(Nc2nc(/N=C(\CC)NNCc3ccccc3)nc(N(CC)CCNC)n2)cc1C. The zero-order valence-corrected chi connectivity index (χ0v) is 24.8. The van der Waals surface area contributed by atoms with Crippen LogP contribution in [0, 0.1) is 6.92 Å². The van der Waals surface area contributed by atoms with Crippen molar-refractivity contribution in [1.82, 2.24) is 31.1 Å². The van der Waals surface area contributed by atoms with Gasteiger partial charge in [0.1, 0.15) is 5.84 Å². The molecule has 0 radical (unpaired) electrons. The van der Waals surface area contributed by atoms with E-state index in [0.29, 0.717) is 30.8 Å². The highest BCUT2D eigenvalue weighted by Gasteiger charge is 2.13. The number of hydrogen-bond acceptors (Lipinski definition) is 8. The molecule has 0 bridgehead atoms. The summed E-state index contributed by atoms with van der Waals surface area (Å²) in [4.78, 5) is 20.9. The van der Waals surface area contributed by atoms with Gasteiger partial charge in [0.25, 0.3) is 5.95 Å². The summed E-state index contributed by atoms with van der Waals surface area (Å²) < 4.78 is 0. The Bertz CT molecular complexity index is 1130. The van der Waals surface area contributed by atoms with E-state index >= 15 is 0 Å². The summed E-state index contributed by atoms with van der Waals surface area (Å²) in [6.45, 7) is 15.5. The standard InChI is InChI=1S/C28H41N9.C2H6/c1-6-12-23-15-16-24(19-21(23)4)31-26-33-27(35-28(34-26)37(8-3)18-17-29-5)32-25(7-2)36-30-20-22-13-10-9-11-14-22;1-2/h9-11,13-16,19,29-30H,6-8,12,17-18,20H2,1-5H3,(H2,31,32,33,34,35,36);1-2H3. The van der Waals surface area contributed by atoms with Crippen LogP contribution in [0.15, 0.2) is 53.5 Å². The minimum absolute atomic E-state index is 0.362. The topological polar surface area (TPSA) is 102 Å². The van der Waals surface area contributed by atoms with Crippen molar-refractivity contribution in [3.63, 3.8) is 0 Å². The summed E-state index contributed by atoms with van der Waals surface area (Å²) in [5, 5.41) is 6.57. The molecule has 3 aromatic rings. The van der Waals surface area contributed by atoms with Crippen molar-refractivity contribution < 1.29 is 0 Å². The molecule has 2 aromatic carbocycles. The van der Waals surface area contributed by atoms with Crippen LogP contribution in [0.1, 0.15) is 64.2 Å². The number of aromatic nitrogens is 3. The van der Waals surface area contributed by atoms with Crippen LogP contribution in [-0.2, 0) is 13.0 Å². The average Bonchev–Trinajstić information content (AvgIpc) is 2.96. The second-order valence-electron chi connectivity index (χ2n) is 8.83. The highest BCUT2D eigenvalue weighted by molar-refractivity contribution is 5.83. The molecule has 9 nitrogen and oxygen atoms in total. The van der Waals surface area contributed by atoms with E-state index in [0.717, 1.165) is 44.0 Å². The molecule has 3 rings (SSSR count). The van der Waals surface area contributed by atoms with Crippen LogP contribution in [0.5, 0.6) is 0 Å². The fourth-order valence-corrected chi connectivity index (χ4v) is 3.86. The minimum atomic E-state index is 0.362. The summed E-state index contributed by atoms with van der Waals surface area (Å²) in [6, 6.07) is 16.6. The number of rotatable bonds is 14. The maximum absolute atomic E-state index is 4.74. The van der Waals surface area contributed by atoms with Gasteiger partial charge in [0.05, 0.1) is 0 Å². The molecule has 1 heterocycles.